The van der Waals surface area contributed by atoms with Crippen LogP contribution in [0.5, 0.6) is 0 Å². The highest BCUT2D eigenvalue weighted by Gasteiger charge is 2.25. The molecule has 1 atom stereocenters. The highest BCUT2D eigenvalue weighted by molar-refractivity contribution is 4.76. The van der Waals surface area contributed by atoms with Crippen molar-refractivity contribution in [1.29, 1.82) is 0 Å². The van der Waals surface area contributed by atoms with Crippen LogP contribution in [-0.2, 0) is 0 Å². The van der Waals surface area contributed by atoms with Gasteiger partial charge in [0.15, 0.2) is 0 Å². The zero-order valence-corrected chi connectivity index (χ0v) is 10.6. The summed E-state index contributed by atoms with van der Waals surface area (Å²) in [5.41, 5.74) is 0. The van der Waals surface area contributed by atoms with Gasteiger partial charge in [-0.3, -0.25) is 0 Å². The molecule has 1 rings (SSSR count). The maximum atomic E-state index is 2.42. The summed E-state index contributed by atoms with van der Waals surface area (Å²) < 4.78 is 0. The minimum Gasteiger partial charge on any atom is -0.0651 e. The van der Waals surface area contributed by atoms with Crippen LogP contribution >= 0.6 is 0 Å². The van der Waals surface area contributed by atoms with Crippen molar-refractivity contribution in [3.63, 3.8) is 0 Å². The minimum absolute atomic E-state index is 0.888. The van der Waals surface area contributed by atoms with Crippen LogP contribution in [-0.4, -0.2) is 0 Å². The molecule has 0 amide bonds. The molecule has 0 aromatic carbocycles. The Morgan fingerprint density at radius 3 is 2.07 bits per heavy atom. The third-order valence-electron chi connectivity index (χ3n) is 4.03. The summed E-state index contributed by atoms with van der Waals surface area (Å²) in [6, 6.07) is 0. The molecule has 0 aliphatic heterocycles. The molecule has 0 nitrogen and oxygen atoms in total. The first kappa shape index (κ1) is 12.1. The molecule has 0 aromatic heterocycles. The Morgan fingerprint density at radius 1 is 1.07 bits per heavy atom. The molecular formula is C14H28. The standard InChI is InChI=1S/C14H28/c1-5-13(10-11(2)3)14-8-6-12(4)7-9-14/h11-14H,5-10H2,1-4H3. The van der Waals surface area contributed by atoms with Gasteiger partial charge in [0.25, 0.3) is 0 Å². The van der Waals surface area contributed by atoms with Crippen molar-refractivity contribution in [2.75, 3.05) is 0 Å². The van der Waals surface area contributed by atoms with E-state index in [-0.39, 0.29) is 0 Å². The lowest BCUT2D eigenvalue weighted by atomic mass is 9.73. The fraction of sp³-hybridized carbons (Fsp3) is 1.00. The van der Waals surface area contributed by atoms with Crippen LogP contribution in [0.15, 0.2) is 0 Å². The molecular weight excluding hydrogens is 168 g/mol. The number of hydrogen-bond acceptors (Lipinski definition) is 0. The third-order valence-corrected chi connectivity index (χ3v) is 4.03. The monoisotopic (exact) mass is 196 g/mol. The van der Waals surface area contributed by atoms with Gasteiger partial charge in [-0.1, -0.05) is 47.0 Å². The lowest BCUT2D eigenvalue weighted by Gasteiger charge is -2.33. The van der Waals surface area contributed by atoms with Gasteiger partial charge in [0.1, 0.15) is 0 Å². The van der Waals surface area contributed by atoms with E-state index in [1.807, 2.05) is 0 Å². The highest BCUT2D eigenvalue weighted by atomic mass is 14.3. The summed E-state index contributed by atoms with van der Waals surface area (Å²) in [4.78, 5) is 0. The molecule has 0 saturated heterocycles. The zero-order chi connectivity index (χ0) is 10.6. The molecule has 1 unspecified atom stereocenters. The van der Waals surface area contributed by atoms with E-state index in [0.29, 0.717) is 0 Å². The molecule has 0 N–H and O–H groups in total. The molecule has 14 heavy (non-hydrogen) atoms. The molecule has 1 aliphatic carbocycles. The van der Waals surface area contributed by atoms with Crippen molar-refractivity contribution < 1.29 is 0 Å². The van der Waals surface area contributed by atoms with Gasteiger partial charge in [-0.2, -0.15) is 0 Å². The Labute approximate surface area is 90.5 Å². The minimum atomic E-state index is 0.888. The Kier molecular flexibility index (Phi) is 4.98. The van der Waals surface area contributed by atoms with Crippen molar-refractivity contribution in [1.82, 2.24) is 0 Å². The molecule has 0 spiro atoms. The molecule has 0 radical (unpaired) electrons. The summed E-state index contributed by atoms with van der Waals surface area (Å²) in [5.74, 6) is 3.96. The second-order valence-corrected chi connectivity index (χ2v) is 5.82. The highest BCUT2D eigenvalue weighted by Crippen LogP contribution is 2.37. The van der Waals surface area contributed by atoms with Crippen LogP contribution in [0, 0.1) is 23.7 Å². The second-order valence-electron chi connectivity index (χ2n) is 5.82. The molecule has 0 heterocycles. The number of rotatable bonds is 4. The summed E-state index contributed by atoms with van der Waals surface area (Å²) in [6.45, 7) is 9.53. The smallest absolute Gasteiger partial charge is 0.0386 e. The van der Waals surface area contributed by atoms with Crippen molar-refractivity contribution in [3.05, 3.63) is 0 Å². The molecule has 1 saturated carbocycles. The average Bonchev–Trinajstić information content (AvgIpc) is 2.15. The largest absolute Gasteiger partial charge is 0.0651 e. The molecule has 0 aromatic rings. The molecule has 1 aliphatic rings. The zero-order valence-electron chi connectivity index (χ0n) is 10.6. The van der Waals surface area contributed by atoms with Crippen molar-refractivity contribution in [2.24, 2.45) is 23.7 Å². The summed E-state index contributed by atoms with van der Waals surface area (Å²) in [6.07, 6.45) is 8.84. The van der Waals surface area contributed by atoms with E-state index < -0.39 is 0 Å². The van der Waals surface area contributed by atoms with Crippen LogP contribution in [0.4, 0.5) is 0 Å². The summed E-state index contributed by atoms with van der Waals surface area (Å²) in [7, 11) is 0. The van der Waals surface area contributed by atoms with Gasteiger partial charge in [0.05, 0.1) is 0 Å². The SMILES string of the molecule is CCC(CC(C)C)C1CCC(C)CC1. The van der Waals surface area contributed by atoms with Gasteiger partial charge < -0.3 is 0 Å². The quantitative estimate of drug-likeness (QED) is 0.601. The van der Waals surface area contributed by atoms with Gasteiger partial charge in [0.2, 0.25) is 0 Å². The van der Waals surface area contributed by atoms with Gasteiger partial charge in [-0.25, -0.2) is 0 Å². The van der Waals surface area contributed by atoms with E-state index in [2.05, 4.69) is 27.7 Å². The van der Waals surface area contributed by atoms with Gasteiger partial charge in [-0.15, -0.1) is 0 Å². The van der Waals surface area contributed by atoms with E-state index in [0.717, 1.165) is 23.7 Å². The molecule has 1 fully saturated rings. The average molecular weight is 196 g/mol. The summed E-state index contributed by atoms with van der Waals surface area (Å²) in [5, 5.41) is 0. The van der Waals surface area contributed by atoms with E-state index in [4.69, 9.17) is 0 Å². The van der Waals surface area contributed by atoms with Crippen molar-refractivity contribution in [2.45, 2.75) is 66.2 Å². The van der Waals surface area contributed by atoms with Gasteiger partial charge >= 0.3 is 0 Å². The van der Waals surface area contributed by atoms with Crippen LogP contribution in [0.25, 0.3) is 0 Å². The van der Waals surface area contributed by atoms with Gasteiger partial charge in [0, 0.05) is 0 Å². The first-order valence-corrected chi connectivity index (χ1v) is 6.63. The molecule has 0 heteroatoms. The van der Waals surface area contributed by atoms with E-state index in [9.17, 15) is 0 Å². The van der Waals surface area contributed by atoms with Crippen LogP contribution in [0.1, 0.15) is 66.2 Å². The van der Waals surface area contributed by atoms with Crippen molar-refractivity contribution >= 4 is 0 Å². The Morgan fingerprint density at radius 2 is 1.64 bits per heavy atom. The topological polar surface area (TPSA) is 0 Å². The first-order chi connectivity index (χ1) is 6.63. The van der Waals surface area contributed by atoms with E-state index in [1.54, 1.807) is 0 Å². The first-order valence-electron chi connectivity index (χ1n) is 6.63. The fourth-order valence-corrected chi connectivity index (χ4v) is 3.06. The van der Waals surface area contributed by atoms with Crippen LogP contribution < -0.4 is 0 Å². The van der Waals surface area contributed by atoms with Gasteiger partial charge in [-0.05, 0) is 42.9 Å². The lowest BCUT2D eigenvalue weighted by molar-refractivity contribution is 0.185. The maximum Gasteiger partial charge on any atom is -0.0386 e. The normalized spacial score (nSPS) is 30.6. The third kappa shape index (κ3) is 3.63. The Hall–Kier alpha value is 0. The van der Waals surface area contributed by atoms with Crippen LogP contribution in [0.2, 0.25) is 0 Å². The lowest BCUT2D eigenvalue weighted by Crippen LogP contribution is -2.21. The predicted molar refractivity (Wildman–Crippen MR) is 64.4 cm³/mol. The fourth-order valence-electron chi connectivity index (χ4n) is 3.06. The second kappa shape index (κ2) is 5.78. The van der Waals surface area contributed by atoms with Crippen molar-refractivity contribution in [3.8, 4) is 0 Å². The molecule has 84 valence electrons. The number of hydrogen-bond donors (Lipinski definition) is 0. The Balaban J connectivity index is 2.36. The molecule has 0 bridgehead atoms. The predicted octanol–water partition coefficient (Wildman–Crippen LogP) is 4.89. The van der Waals surface area contributed by atoms with Crippen LogP contribution in [0.3, 0.4) is 0 Å². The maximum absolute atomic E-state index is 2.42. The Bertz CT molecular complexity index is 140. The van der Waals surface area contributed by atoms with E-state index in [1.165, 1.54) is 38.5 Å². The van der Waals surface area contributed by atoms with E-state index >= 15 is 0 Å². The summed E-state index contributed by atoms with van der Waals surface area (Å²) >= 11 is 0.